The van der Waals surface area contributed by atoms with E-state index < -0.39 is 5.82 Å². The second-order valence-corrected chi connectivity index (χ2v) is 8.64. The Balaban J connectivity index is 1.51. The number of carbonyl (C=O) groups excluding carboxylic acids is 1. The molecule has 164 valence electrons. The third-order valence-electron chi connectivity index (χ3n) is 4.77. The summed E-state index contributed by atoms with van der Waals surface area (Å²) in [5.74, 6) is -0.258. The summed E-state index contributed by atoms with van der Waals surface area (Å²) in [5.41, 5.74) is 3.87. The Kier molecular flexibility index (Phi) is 6.29. The number of carbonyl (C=O) groups is 1. The lowest BCUT2D eigenvalue weighted by Gasteiger charge is -2.07. The van der Waals surface area contributed by atoms with E-state index in [-0.39, 0.29) is 22.4 Å². The summed E-state index contributed by atoms with van der Waals surface area (Å²) in [7, 11) is 3.69. The number of benzene rings is 2. The largest absolute Gasteiger partial charge is 0.323 e. The summed E-state index contributed by atoms with van der Waals surface area (Å²) < 4.78 is 17.4. The summed E-state index contributed by atoms with van der Waals surface area (Å²) in [6.07, 6.45) is 1.89. The SMILES string of the molecule is Cc1ccc(-c2nn(C)cc2-c2nnc(SCC(=O)Nc3ccc(Cl)cc3F)n2C)cc1. The van der Waals surface area contributed by atoms with Crippen LogP contribution in [0.4, 0.5) is 10.1 Å². The number of halogens is 2. The van der Waals surface area contributed by atoms with Crippen molar-refractivity contribution in [1.29, 1.82) is 0 Å². The lowest BCUT2D eigenvalue weighted by molar-refractivity contribution is -0.113. The van der Waals surface area contributed by atoms with Crippen LogP contribution in [0.25, 0.3) is 22.6 Å². The van der Waals surface area contributed by atoms with Gasteiger partial charge in [0.05, 0.1) is 17.0 Å². The molecule has 0 bridgehead atoms. The molecule has 4 aromatic rings. The highest BCUT2D eigenvalue weighted by molar-refractivity contribution is 7.99. The number of hydrogen-bond donors (Lipinski definition) is 1. The molecule has 0 spiro atoms. The van der Waals surface area contributed by atoms with Gasteiger partial charge in [-0.15, -0.1) is 10.2 Å². The fraction of sp³-hybridized carbons (Fsp3) is 0.182. The van der Waals surface area contributed by atoms with Crippen LogP contribution in [0.5, 0.6) is 0 Å². The topological polar surface area (TPSA) is 77.6 Å². The monoisotopic (exact) mass is 470 g/mol. The summed E-state index contributed by atoms with van der Waals surface area (Å²) in [6.45, 7) is 2.03. The summed E-state index contributed by atoms with van der Waals surface area (Å²) in [6, 6.07) is 12.2. The molecule has 0 aliphatic rings. The predicted octanol–water partition coefficient (Wildman–Crippen LogP) is 4.71. The molecule has 0 unspecified atom stereocenters. The van der Waals surface area contributed by atoms with Crippen LogP contribution in [0.15, 0.2) is 53.8 Å². The van der Waals surface area contributed by atoms with Gasteiger partial charge in [0.15, 0.2) is 11.0 Å². The van der Waals surface area contributed by atoms with Gasteiger partial charge >= 0.3 is 0 Å². The third kappa shape index (κ3) is 4.68. The van der Waals surface area contributed by atoms with Gasteiger partial charge in [0.1, 0.15) is 11.5 Å². The second kappa shape index (κ2) is 9.13. The zero-order valence-corrected chi connectivity index (χ0v) is 19.2. The molecule has 2 aromatic heterocycles. The normalized spacial score (nSPS) is 11.0. The highest BCUT2D eigenvalue weighted by Gasteiger charge is 2.19. The number of hydrogen-bond acceptors (Lipinski definition) is 5. The maximum Gasteiger partial charge on any atom is 0.234 e. The minimum atomic E-state index is -0.586. The van der Waals surface area contributed by atoms with Gasteiger partial charge in [-0.1, -0.05) is 53.2 Å². The first-order chi connectivity index (χ1) is 15.3. The molecule has 4 rings (SSSR count). The first kappa shape index (κ1) is 22.0. The molecule has 0 saturated carbocycles. The highest BCUT2D eigenvalue weighted by atomic mass is 35.5. The fourth-order valence-electron chi connectivity index (χ4n) is 3.16. The average molecular weight is 471 g/mol. The molecule has 0 radical (unpaired) electrons. The van der Waals surface area contributed by atoms with Crippen molar-refractivity contribution in [3.05, 3.63) is 65.1 Å². The molecular formula is C22H20ClFN6OS. The molecule has 1 amide bonds. The first-order valence-corrected chi connectivity index (χ1v) is 11.1. The average Bonchev–Trinajstić information content (AvgIpc) is 3.31. The van der Waals surface area contributed by atoms with E-state index in [4.69, 9.17) is 11.6 Å². The van der Waals surface area contributed by atoms with E-state index in [9.17, 15) is 9.18 Å². The number of aromatic nitrogens is 5. The van der Waals surface area contributed by atoms with E-state index in [0.29, 0.717) is 11.0 Å². The van der Waals surface area contributed by atoms with Crippen molar-refractivity contribution in [2.45, 2.75) is 12.1 Å². The van der Waals surface area contributed by atoms with Gasteiger partial charge in [0, 0.05) is 30.9 Å². The van der Waals surface area contributed by atoms with Gasteiger partial charge in [-0.05, 0) is 25.1 Å². The Labute approximate surface area is 193 Å². The van der Waals surface area contributed by atoms with Gasteiger partial charge in [-0.25, -0.2) is 4.39 Å². The fourth-order valence-corrected chi connectivity index (χ4v) is 4.03. The van der Waals surface area contributed by atoms with Gasteiger partial charge < -0.3 is 9.88 Å². The number of anilines is 1. The van der Waals surface area contributed by atoms with Crippen molar-refractivity contribution in [2.75, 3.05) is 11.1 Å². The third-order valence-corrected chi connectivity index (χ3v) is 6.02. The van der Waals surface area contributed by atoms with Gasteiger partial charge in [-0.2, -0.15) is 5.10 Å². The van der Waals surface area contributed by atoms with Gasteiger partial charge in [-0.3, -0.25) is 9.48 Å². The van der Waals surface area contributed by atoms with Gasteiger partial charge in [0.2, 0.25) is 5.91 Å². The van der Waals surface area contributed by atoms with Crippen molar-refractivity contribution in [2.24, 2.45) is 14.1 Å². The number of rotatable bonds is 6. The smallest absolute Gasteiger partial charge is 0.234 e. The van der Waals surface area contributed by atoms with Crippen LogP contribution in [-0.2, 0) is 18.9 Å². The molecule has 7 nitrogen and oxygen atoms in total. The minimum absolute atomic E-state index is 0.0475. The van der Waals surface area contributed by atoms with Crippen LogP contribution < -0.4 is 5.32 Å². The minimum Gasteiger partial charge on any atom is -0.323 e. The van der Waals surface area contributed by atoms with E-state index in [2.05, 4.69) is 20.6 Å². The van der Waals surface area contributed by atoms with Crippen molar-refractivity contribution in [3.63, 3.8) is 0 Å². The molecule has 0 fully saturated rings. The summed E-state index contributed by atoms with van der Waals surface area (Å²) in [5, 5.41) is 16.5. The first-order valence-electron chi connectivity index (χ1n) is 9.70. The standard InChI is InChI=1S/C22H20ClFN6OS/c1-13-4-6-14(7-5-13)20-16(11-29(2)28-20)21-26-27-22(30(21)3)32-12-19(31)25-18-9-8-15(23)10-17(18)24/h4-11H,12H2,1-3H3,(H,25,31). The van der Waals surface area contributed by atoms with Crippen LogP contribution in [0.3, 0.4) is 0 Å². The zero-order chi connectivity index (χ0) is 22.8. The zero-order valence-electron chi connectivity index (χ0n) is 17.6. The van der Waals surface area contributed by atoms with E-state index in [1.165, 1.54) is 29.5 Å². The molecule has 1 N–H and O–H groups in total. The second-order valence-electron chi connectivity index (χ2n) is 7.26. The quantitative estimate of drug-likeness (QED) is 0.413. The molecular weight excluding hydrogens is 451 g/mol. The van der Waals surface area contributed by atoms with E-state index in [0.717, 1.165) is 22.9 Å². The Morgan fingerprint density at radius 1 is 1.16 bits per heavy atom. The number of nitrogens with one attached hydrogen (secondary N) is 1. The summed E-state index contributed by atoms with van der Waals surface area (Å²) in [4.78, 5) is 12.3. The molecule has 2 heterocycles. The molecule has 0 saturated heterocycles. The molecule has 2 aromatic carbocycles. The van der Waals surface area contributed by atoms with Crippen LogP contribution in [-0.4, -0.2) is 36.2 Å². The molecule has 0 aliphatic heterocycles. The van der Waals surface area contributed by atoms with Crippen molar-refractivity contribution in [3.8, 4) is 22.6 Å². The lowest BCUT2D eigenvalue weighted by atomic mass is 10.1. The molecule has 0 atom stereocenters. The van der Waals surface area contributed by atoms with Crippen LogP contribution >= 0.6 is 23.4 Å². The van der Waals surface area contributed by atoms with E-state index in [1.807, 2.05) is 56.0 Å². The molecule has 32 heavy (non-hydrogen) atoms. The van der Waals surface area contributed by atoms with Crippen molar-refractivity contribution in [1.82, 2.24) is 24.5 Å². The van der Waals surface area contributed by atoms with Crippen LogP contribution in [0.2, 0.25) is 5.02 Å². The number of aryl methyl sites for hydroxylation is 2. The lowest BCUT2D eigenvalue weighted by Crippen LogP contribution is -2.15. The van der Waals surface area contributed by atoms with Crippen molar-refractivity contribution >= 4 is 35.0 Å². The summed E-state index contributed by atoms with van der Waals surface area (Å²) >= 11 is 6.95. The highest BCUT2D eigenvalue weighted by Crippen LogP contribution is 2.31. The predicted molar refractivity (Wildman–Crippen MR) is 124 cm³/mol. The van der Waals surface area contributed by atoms with Crippen LogP contribution in [0.1, 0.15) is 5.56 Å². The number of thioether (sulfide) groups is 1. The maximum absolute atomic E-state index is 13.9. The maximum atomic E-state index is 13.9. The van der Waals surface area contributed by atoms with Crippen molar-refractivity contribution < 1.29 is 9.18 Å². The number of amides is 1. The Morgan fingerprint density at radius 3 is 2.62 bits per heavy atom. The van der Waals surface area contributed by atoms with Gasteiger partial charge in [0.25, 0.3) is 0 Å². The number of nitrogens with zero attached hydrogens (tertiary/aromatic N) is 5. The Bertz CT molecular complexity index is 1280. The Hall–Kier alpha value is -3.17. The van der Waals surface area contributed by atoms with E-state index >= 15 is 0 Å². The molecule has 0 aliphatic carbocycles. The van der Waals surface area contributed by atoms with E-state index in [1.54, 1.807) is 4.68 Å². The Morgan fingerprint density at radius 2 is 1.91 bits per heavy atom. The molecule has 10 heteroatoms. The van der Waals surface area contributed by atoms with Crippen LogP contribution in [0, 0.1) is 12.7 Å².